The first kappa shape index (κ1) is 21.8. The molecule has 0 fully saturated rings. The van der Waals surface area contributed by atoms with E-state index >= 15 is 0 Å². The van der Waals surface area contributed by atoms with E-state index in [9.17, 15) is 18.4 Å². The van der Waals surface area contributed by atoms with Crippen LogP contribution in [-0.4, -0.2) is 25.6 Å². The van der Waals surface area contributed by atoms with Gasteiger partial charge in [0, 0.05) is 5.69 Å². The highest BCUT2D eigenvalue weighted by Gasteiger charge is 2.14. The fourth-order valence-corrected chi connectivity index (χ4v) is 2.60. The SMILES string of the molecule is COc1cc(C(=O)OCc2ccc(F)cc2)ccc1OCC(=O)Nc1ccc(F)cc1. The fraction of sp³-hybridized carbons (Fsp3) is 0.130. The Morgan fingerprint density at radius 3 is 2.16 bits per heavy atom. The average molecular weight is 427 g/mol. The number of rotatable bonds is 8. The summed E-state index contributed by atoms with van der Waals surface area (Å²) < 4.78 is 41.8. The third-order valence-electron chi connectivity index (χ3n) is 4.17. The van der Waals surface area contributed by atoms with Crippen LogP contribution in [0.25, 0.3) is 0 Å². The number of carbonyl (C=O) groups is 2. The van der Waals surface area contributed by atoms with Gasteiger partial charge in [0.05, 0.1) is 12.7 Å². The van der Waals surface area contributed by atoms with Crippen LogP contribution >= 0.6 is 0 Å². The van der Waals surface area contributed by atoms with Crippen LogP contribution in [0.4, 0.5) is 14.5 Å². The predicted molar refractivity (Wildman–Crippen MR) is 109 cm³/mol. The Labute approximate surface area is 177 Å². The van der Waals surface area contributed by atoms with E-state index in [0.717, 1.165) is 0 Å². The smallest absolute Gasteiger partial charge is 0.338 e. The molecule has 0 bridgehead atoms. The monoisotopic (exact) mass is 427 g/mol. The quantitative estimate of drug-likeness (QED) is 0.541. The van der Waals surface area contributed by atoms with Crippen molar-refractivity contribution in [2.45, 2.75) is 6.61 Å². The highest BCUT2D eigenvalue weighted by molar-refractivity contribution is 5.92. The summed E-state index contributed by atoms with van der Waals surface area (Å²) in [5, 5.41) is 2.57. The Bertz CT molecular complexity index is 1050. The number of anilines is 1. The number of hydrogen-bond donors (Lipinski definition) is 1. The minimum atomic E-state index is -0.594. The number of ether oxygens (including phenoxy) is 3. The number of halogens is 2. The Morgan fingerprint density at radius 1 is 0.871 bits per heavy atom. The van der Waals surface area contributed by atoms with Crippen molar-refractivity contribution >= 4 is 17.6 Å². The summed E-state index contributed by atoms with van der Waals surface area (Å²) in [6.07, 6.45) is 0. The van der Waals surface area contributed by atoms with Crippen molar-refractivity contribution in [3.05, 3.63) is 89.5 Å². The highest BCUT2D eigenvalue weighted by Crippen LogP contribution is 2.28. The maximum atomic E-state index is 12.9. The Morgan fingerprint density at radius 2 is 1.52 bits per heavy atom. The minimum Gasteiger partial charge on any atom is -0.493 e. The number of hydrogen-bond acceptors (Lipinski definition) is 5. The summed E-state index contributed by atoms with van der Waals surface area (Å²) in [5.74, 6) is -1.32. The fourth-order valence-electron chi connectivity index (χ4n) is 2.60. The number of benzene rings is 3. The zero-order valence-corrected chi connectivity index (χ0v) is 16.6. The van der Waals surface area contributed by atoms with Gasteiger partial charge in [-0.2, -0.15) is 0 Å². The second-order valence-electron chi connectivity index (χ2n) is 6.41. The lowest BCUT2D eigenvalue weighted by atomic mass is 10.2. The molecule has 0 unspecified atom stereocenters. The van der Waals surface area contributed by atoms with Crippen molar-refractivity contribution in [1.82, 2.24) is 0 Å². The van der Waals surface area contributed by atoms with E-state index in [4.69, 9.17) is 14.2 Å². The van der Waals surface area contributed by atoms with Gasteiger partial charge in [-0.1, -0.05) is 12.1 Å². The van der Waals surface area contributed by atoms with Crippen LogP contribution < -0.4 is 14.8 Å². The molecule has 31 heavy (non-hydrogen) atoms. The van der Waals surface area contributed by atoms with Crippen LogP contribution in [0.15, 0.2) is 66.7 Å². The van der Waals surface area contributed by atoms with Crippen molar-refractivity contribution in [3.8, 4) is 11.5 Å². The van der Waals surface area contributed by atoms with Gasteiger partial charge in [-0.05, 0) is 60.2 Å². The van der Waals surface area contributed by atoms with E-state index in [1.54, 1.807) is 0 Å². The molecule has 0 spiro atoms. The first-order valence-electron chi connectivity index (χ1n) is 9.22. The Hall–Kier alpha value is -3.94. The van der Waals surface area contributed by atoms with Gasteiger partial charge in [0.25, 0.3) is 5.91 Å². The number of methoxy groups -OCH3 is 1. The van der Waals surface area contributed by atoms with Crippen molar-refractivity contribution in [2.75, 3.05) is 19.0 Å². The third kappa shape index (κ3) is 6.27. The van der Waals surface area contributed by atoms with Crippen LogP contribution in [0.3, 0.4) is 0 Å². The van der Waals surface area contributed by atoms with Crippen molar-refractivity contribution in [1.29, 1.82) is 0 Å². The zero-order valence-electron chi connectivity index (χ0n) is 16.6. The summed E-state index contributed by atoms with van der Waals surface area (Å²) in [5.41, 5.74) is 1.30. The molecule has 0 aliphatic heterocycles. The average Bonchev–Trinajstić information content (AvgIpc) is 2.78. The molecule has 8 heteroatoms. The second-order valence-corrected chi connectivity index (χ2v) is 6.41. The molecule has 0 aliphatic carbocycles. The molecular formula is C23H19F2NO5. The number of nitrogens with one attached hydrogen (secondary N) is 1. The van der Waals surface area contributed by atoms with E-state index in [2.05, 4.69) is 5.32 Å². The maximum absolute atomic E-state index is 12.9. The summed E-state index contributed by atoms with van der Waals surface area (Å²) in [6, 6.07) is 15.3. The number of amides is 1. The second kappa shape index (κ2) is 10.2. The largest absolute Gasteiger partial charge is 0.493 e. The molecule has 0 atom stereocenters. The van der Waals surface area contributed by atoms with E-state index in [1.807, 2.05) is 0 Å². The minimum absolute atomic E-state index is 0.0107. The van der Waals surface area contributed by atoms with Gasteiger partial charge in [-0.3, -0.25) is 4.79 Å². The van der Waals surface area contributed by atoms with Gasteiger partial charge in [-0.25, -0.2) is 13.6 Å². The van der Waals surface area contributed by atoms with Crippen LogP contribution in [0, 0.1) is 11.6 Å². The Balaban J connectivity index is 1.57. The first-order chi connectivity index (χ1) is 14.9. The molecule has 0 saturated heterocycles. The van der Waals surface area contributed by atoms with Gasteiger partial charge in [0.15, 0.2) is 18.1 Å². The molecular weight excluding hydrogens is 408 g/mol. The molecule has 1 amide bonds. The molecule has 0 aliphatic rings. The molecule has 160 valence electrons. The lowest BCUT2D eigenvalue weighted by Crippen LogP contribution is -2.20. The molecule has 1 N–H and O–H groups in total. The van der Waals surface area contributed by atoms with Gasteiger partial charge in [0.2, 0.25) is 0 Å². The Kier molecular flexibility index (Phi) is 7.16. The molecule has 0 aromatic heterocycles. The molecule has 0 heterocycles. The summed E-state index contributed by atoms with van der Waals surface area (Å²) in [4.78, 5) is 24.3. The first-order valence-corrected chi connectivity index (χ1v) is 9.22. The summed E-state index contributed by atoms with van der Waals surface area (Å²) in [6.45, 7) is -0.328. The topological polar surface area (TPSA) is 73.9 Å². The van der Waals surface area contributed by atoms with E-state index in [-0.39, 0.29) is 36.1 Å². The van der Waals surface area contributed by atoms with E-state index in [0.29, 0.717) is 11.3 Å². The van der Waals surface area contributed by atoms with Gasteiger partial charge in [0.1, 0.15) is 18.2 Å². The molecule has 3 rings (SSSR count). The molecule has 6 nitrogen and oxygen atoms in total. The van der Waals surface area contributed by atoms with E-state index < -0.39 is 17.7 Å². The molecule has 3 aromatic rings. The number of carbonyl (C=O) groups excluding carboxylic acids is 2. The zero-order chi connectivity index (χ0) is 22.2. The maximum Gasteiger partial charge on any atom is 0.338 e. The van der Waals surface area contributed by atoms with Crippen molar-refractivity contribution in [2.24, 2.45) is 0 Å². The molecule has 0 saturated carbocycles. The normalized spacial score (nSPS) is 10.3. The predicted octanol–water partition coefficient (Wildman–Crippen LogP) is 4.35. The van der Waals surface area contributed by atoms with Crippen LogP contribution in [0.5, 0.6) is 11.5 Å². The van der Waals surface area contributed by atoms with Crippen LogP contribution in [-0.2, 0) is 16.1 Å². The number of esters is 1. The van der Waals surface area contributed by atoms with Gasteiger partial charge in [-0.15, -0.1) is 0 Å². The lowest BCUT2D eigenvalue weighted by molar-refractivity contribution is -0.118. The third-order valence-corrected chi connectivity index (χ3v) is 4.17. The molecule has 3 aromatic carbocycles. The van der Waals surface area contributed by atoms with Crippen molar-refractivity contribution in [3.63, 3.8) is 0 Å². The standard InChI is InChI=1S/C23H19F2NO5/c1-29-21-12-16(23(28)31-13-15-2-5-17(24)6-3-15)4-11-20(21)30-14-22(27)26-19-9-7-18(25)8-10-19/h2-12H,13-14H2,1H3,(H,26,27). The van der Waals surface area contributed by atoms with E-state index in [1.165, 1.54) is 73.8 Å². The van der Waals surface area contributed by atoms with Gasteiger partial charge < -0.3 is 19.5 Å². The summed E-state index contributed by atoms with van der Waals surface area (Å²) in [7, 11) is 1.40. The highest BCUT2D eigenvalue weighted by atomic mass is 19.1. The lowest BCUT2D eigenvalue weighted by Gasteiger charge is -2.12. The van der Waals surface area contributed by atoms with Gasteiger partial charge >= 0.3 is 5.97 Å². The van der Waals surface area contributed by atoms with Crippen LogP contribution in [0.2, 0.25) is 0 Å². The van der Waals surface area contributed by atoms with Crippen molar-refractivity contribution < 1.29 is 32.6 Å². The molecule has 0 radical (unpaired) electrons. The van der Waals surface area contributed by atoms with Crippen LogP contribution in [0.1, 0.15) is 15.9 Å². The summed E-state index contributed by atoms with van der Waals surface area (Å²) >= 11 is 0.